The van der Waals surface area contributed by atoms with Crippen molar-refractivity contribution in [1.29, 1.82) is 0 Å². The summed E-state index contributed by atoms with van der Waals surface area (Å²) in [6, 6.07) is 3.94. The van der Waals surface area contributed by atoms with Crippen LogP contribution in [0.25, 0.3) is 0 Å². The Kier molecular flexibility index (Phi) is 5.33. The molecule has 0 atom stereocenters. The highest BCUT2D eigenvalue weighted by Crippen LogP contribution is 2.05. The summed E-state index contributed by atoms with van der Waals surface area (Å²) >= 11 is 0. The van der Waals surface area contributed by atoms with Gasteiger partial charge in [-0.3, -0.25) is 4.90 Å². The lowest BCUT2D eigenvalue weighted by Crippen LogP contribution is -2.29. The Morgan fingerprint density at radius 2 is 2.29 bits per heavy atom. The van der Waals surface area contributed by atoms with Gasteiger partial charge in [-0.05, 0) is 25.1 Å². The van der Waals surface area contributed by atoms with Gasteiger partial charge in [-0.15, -0.1) is 0 Å². The third kappa shape index (κ3) is 3.94. The Morgan fingerprint density at radius 1 is 1.43 bits per heavy atom. The second-order valence-electron chi connectivity index (χ2n) is 3.50. The van der Waals surface area contributed by atoms with Crippen LogP contribution in [0.5, 0.6) is 0 Å². The molecule has 0 saturated heterocycles. The average Bonchev–Trinajstić information content (AvgIpc) is 2.67. The number of hydrogen-bond donors (Lipinski definition) is 1. The summed E-state index contributed by atoms with van der Waals surface area (Å²) in [5.41, 5.74) is 5.56. The predicted molar refractivity (Wildman–Crippen MR) is 57.9 cm³/mol. The Balaban J connectivity index is 2.34. The van der Waals surface area contributed by atoms with E-state index in [9.17, 15) is 0 Å². The van der Waals surface area contributed by atoms with Crippen molar-refractivity contribution in [1.82, 2.24) is 4.90 Å². The molecule has 0 fully saturated rings. The number of nitrogens with zero attached hydrogens (tertiary/aromatic N) is 1. The summed E-state index contributed by atoms with van der Waals surface area (Å²) in [5, 5.41) is 0. The topological polar surface area (TPSA) is 42.4 Å². The van der Waals surface area contributed by atoms with Crippen molar-refractivity contribution in [2.75, 3.05) is 19.6 Å². The summed E-state index contributed by atoms with van der Waals surface area (Å²) in [6.07, 6.45) is 4.16. The summed E-state index contributed by atoms with van der Waals surface area (Å²) in [7, 11) is 0. The number of unbranched alkanes of at least 4 members (excludes halogenated alkanes) is 1. The SMILES string of the molecule is CCCCN(CCN)Cc1ccco1. The second kappa shape index (κ2) is 6.62. The van der Waals surface area contributed by atoms with Crippen molar-refractivity contribution < 1.29 is 4.42 Å². The molecule has 1 heterocycles. The fraction of sp³-hybridized carbons (Fsp3) is 0.636. The van der Waals surface area contributed by atoms with E-state index in [2.05, 4.69) is 11.8 Å². The quantitative estimate of drug-likeness (QED) is 0.723. The van der Waals surface area contributed by atoms with Gasteiger partial charge in [0.2, 0.25) is 0 Å². The minimum atomic E-state index is 0.713. The van der Waals surface area contributed by atoms with Crippen LogP contribution >= 0.6 is 0 Å². The van der Waals surface area contributed by atoms with Crippen LogP contribution in [-0.4, -0.2) is 24.5 Å². The van der Waals surface area contributed by atoms with E-state index in [1.54, 1.807) is 6.26 Å². The Hall–Kier alpha value is -0.800. The first-order chi connectivity index (χ1) is 6.86. The van der Waals surface area contributed by atoms with Crippen LogP contribution in [0, 0.1) is 0 Å². The van der Waals surface area contributed by atoms with E-state index in [1.165, 1.54) is 12.8 Å². The van der Waals surface area contributed by atoms with Crippen LogP contribution in [0.1, 0.15) is 25.5 Å². The summed E-state index contributed by atoms with van der Waals surface area (Å²) < 4.78 is 5.31. The molecular formula is C11H20N2O. The van der Waals surface area contributed by atoms with Crippen LogP contribution in [-0.2, 0) is 6.54 Å². The van der Waals surface area contributed by atoms with Crippen molar-refractivity contribution in [2.45, 2.75) is 26.3 Å². The van der Waals surface area contributed by atoms with Gasteiger partial charge in [0.05, 0.1) is 12.8 Å². The fourth-order valence-electron chi connectivity index (χ4n) is 1.46. The fourth-order valence-corrected chi connectivity index (χ4v) is 1.46. The maximum atomic E-state index is 5.56. The molecule has 2 N–H and O–H groups in total. The highest BCUT2D eigenvalue weighted by atomic mass is 16.3. The van der Waals surface area contributed by atoms with Crippen LogP contribution in [0.4, 0.5) is 0 Å². The zero-order valence-corrected chi connectivity index (χ0v) is 8.91. The van der Waals surface area contributed by atoms with E-state index in [-0.39, 0.29) is 0 Å². The van der Waals surface area contributed by atoms with E-state index in [1.807, 2.05) is 12.1 Å². The monoisotopic (exact) mass is 196 g/mol. The molecule has 0 bridgehead atoms. The van der Waals surface area contributed by atoms with Gasteiger partial charge in [0, 0.05) is 13.1 Å². The number of furan rings is 1. The molecule has 0 aromatic carbocycles. The minimum Gasteiger partial charge on any atom is -0.468 e. The highest BCUT2D eigenvalue weighted by Gasteiger charge is 2.05. The van der Waals surface area contributed by atoms with Gasteiger partial charge in [-0.2, -0.15) is 0 Å². The van der Waals surface area contributed by atoms with Crippen molar-refractivity contribution >= 4 is 0 Å². The molecule has 3 heteroatoms. The van der Waals surface area contributed by atoms with Gasteiger partial charge < -0.3 is 10.2 Å². The standard InChI is InChI=1S/C11H20N2O/c1-2-3-7-13(8-6-12)10-11-5-4-9-14-11/h4-5,9H,2-3,6-8,10,12H2,1H3. The molecule has 80 valence electrons. The van der Waals surface area contributed by atoms with Gasteiger partial charge in [0.15, 0.2) is 0 Å². The van der Waals surface area contributed by atoms with Crippen LogP contribution < -0.4 is 5.73 Å². The van der Waals surface area contributed by atoms with Crippen molar-refractivity contribution in [3.8, 4) is 0 Å². The molecule has 0 aliphatic rings. The van der Waals surface area contributed by atoms with Gasteiger partial charge in [-0.25, -0.2) is 0 Å². The maximum Gasteiger partial charge on any atom is 0.117 e. The van der Waals surface area contributed by atoms with Crippen molar-refractivity contribution in [2.24, 2.45) is 5.73 Å². The van der Waals surface area contributed by atoms with E-state index >= 15 is 0 Å². The normalized spacial score (nSPS) is 11.1. The molecule has 1 aromatic heterocycles. The number of nitrogens with two attached hydrogens (primary N) is 1. The second-order valence-corrected chi connectivity index (χ2v) is 3.50. The van der Waals surface area contributed by atoms with Crippen LogP contribution in [0.2, 0.25) is 0 Å². The maximum absolute atomic E-state index is 5.56. The smallest absolute Gasteiger partial charge is 0.117 e. The molecule has 0 saturated carbocycles. The Labute approximate surface area is 85.9 Å². The van der Waals surface area contributed by atoms with Gasteiger partial charge in [-0.1, -0.05) is 13.3 Å². The van der Waals surface area contributed by atoms with E-state index in [0.717, 1.165) is 25.4 Å². The van der Waals surface area contributed by atoms with E-state index < -0.39 is 0 Å². The minimum absolute atomic E-state index is 0.713. The average molecular weight is 196 g/mol. The third-order valence-corrected chi connectivity index (χ3v) is 2.23. The molecule has 0 unspecified atom stereocenters. The zero-order chi connectivity index (χ0) is 10.2. The molecule has 0 aliphatic carbocycles. The summed E-state index contributed by atoms with van der Waals surface area (Å²) in [5.74, 6) is 1.02. The van der Waals surface area contributed by atoms with Gasteiger partial charge in [0.1, 0.15) is 5.76 Å². The summed E-state index contributed by atoms with van der Waals surface area (Å²) in [6.45, 7) is 5.84. The van der Waals surface area contributed by atoms with E-state index in [4.69, 9.17) is 10.2 Å². The highest BCUT2D eigenvalue weighted by molar-refractivity contribution is 4.97. The molecule has 0 aliphatic heterocycles. The van der Waals surface area contributed by atoms with Gasteiger partial charge >= 0.3 is 0 Å². The number of rotatable bonds is 7. The number of hydrogen-bond acceptors (Lipinski definition) is 3. The van der Waals surface area contributed by atoms with Crippen molar-refractivity contribution in [3.05, 3.63) is 24.2 Å². The van der Waals surface area contributed by atoms with Gasteiger partial charge in [0.25, 0.3) is 0 Å². The molecule has 0 radical (unpaired) electrons. The molecule has 1 aromatic rings. The molecular weight excluding hydrogens is 176 g/mol. The Morgan fingerprint density at radius 3 is 2.86 bits per heavy atom. The Bertz CT molecular complexity index is 221. The third-order valence-electron chi connectivity index (χ3n) is 2.23. The predicted octanol–water partition coefficient (Wildman–Crippen LogP) is 1.84. The largest absolute Gasteiger partial charge is 0.468 e. The van der Waals surface area contributed by atoms with Crippen molar-refractivity contribution in [3.63, 3.8) is 0 Å². The van der Waals surface area contributed by atoms with Crippen LogP contribution in [0.15, 0.2) is 22.8 Å². The lowest BCUT2D eigenvalue weighted by atomic mass is 10.3. The van der Waals surface area contributed by atoms with Crippen LogP contribution in [0.3, 0.4) is 0 Å². The molecule has 14 heavy (non-hydrogen) atoms. The first-order valence-electron chi connectivity index (χ1n) is 5.31. The molecule has 0 spiro atoms. The lowest BCUT2D eigenvalue weighted by molar-refractivity contribution is 0.246. The molecule has 1 rings (SSSR count). The van der Waals surface area contributed by atoms with E-state index in [0.29, 0.717) is 6.54 Å². The lowest BCUT2D eigenvalue weighted by Gasteiger charge is -2.19. The molecule has 0 amide bonds. The molecule has 3 nitrogen and oxygen atoms in total. The first-order valence-corrected chi connectivity index (χ1v) is 5.31. The first kappa shape index (κ1) is 11.3. The summed E-state index contributed by atoms with van der Waals surface area (Å²) in [4.78, 5) is 2.34. The zero-order valence-electron chi connectivity index (χ0n) is 8.91.